The summed E-state index contributed by atoms with van der Waals surface area (Å²) in [5.41, 5.74) is 0. The Labute approximate surface area is 110 Å². The first-order valence-corrected chi connectivity index (χ1v) is 5.00. The van der Waals surface area contributed by atoms with Gasteiger partial charge in [0.2, 0.25) is 0 Å². The van der Waals surface area contributed by atoms with Crippen LogP contribution in [0.15, 0.2) is 0 Å². The number of hydrogen-bond acceptors (Lipinski definition) is 1. The van der Waals surface area contributed by atoms with Gasteiger partial charge in [-0.25, -0.2) is 0 Å². The van der Waals surface area contributed by atoms with Gasteiger partial charge in [-0.15, -0.1) is 13.1 Å². The molecule has 1 saturated heterocycles. The molecule has 0 bridgehead atoms. The zero-order chi connectivity index (χ0) is 9.82. The van der Waals surface area contributed by atoms with Crippen LogP contribution in [0, 0.1) is 6.92 Å². The normalized spacial score (nSPS) is 15.5. The number of hydrogen-bond donors (Lipinski definition) is 0. The molecule has 1 fully saturated rings. The predicted molar refractivity (Wildman–Crippen MR) is 57.6 cm³/mol. The summed E-state index contributed by atoms with van der Waals surface area (Å²) < 4.78 is 0. The van der Waals surface area contributed by atoms with E-state index in [0.717, 1.165) is 13.1 Å². The Morgan fingerprint density at radius 1 is 1.15 bits per heavy atom. The minimum atomic E-state index is 0. The van der Waals surface area contributed by atoms with Gasteiger partial charge in [-0.2, -0.15) is 6.92 Å². The molecule has 2 nitrogen and oxygen atoms in total. The molecule has 1 radical (unpaired) electrons. The molecule has 0 unspecified atom stereocenters. The molecular weight excluding hydrogens is 237 g/mol. The van der Waals surface area contributed by atoms with Gasteiger partial charge in [0.1, 0.15) is 0 Å². The van der Waals surface area contributed by atoms with Crippen LogP contribution in [0.1, 0.15) is 27.7 Å². The minimum Gasteiger partial charge on any atom is -0.660 e. The van der Waals surface area contributed by atoms with E-state index in [1.807, 2.05) is 13.8 Å². The molecule has 3 heteroatoms. The maximum atomic E-state index is 4.23. The van der Waals surface area contributed by atoms with Crippen molar-refractivity contribution < 1.29 is 32.7 Å². The first-order valence-electron chi connectivity index (χ1n) is 5.00. The summed E-state index contributed by atoms with van der Waals surface area (Å²) in [6.45, 7) is 16.8. The van der Waals surface area contributed by atoms with Gasteiger partial charge in [-0.3, -0.25) is 0 Å². The maximum absolute atomic E-state index is 4.23. The van der Waals surface area contributed by atoms with E-state index in [4.69, 9.17) is 0 Å². The van der Waals surface area contributed by atoms with Crippen LogP contribution < -0.4 is 0 Å². The van der Waals surface area contributed by atoms with Crippen LogP contribution in [0.3, 0.4) is 0 Å². The van der Waals surface area contributed by atoms with Gasteiger partial charge >= 0.3 is 0 Å². The van der Waals surface area contributed by atoms with Gasteiger partial charge in [-0.1, -0.05) is 20.8 Å². The van der Waals surface area contributed by atoms with Crippen LogP contribution in [0.2, 0.25) is 0 Å². The molecule has 0 saturated carbocycles. The molecule has 0 aromatic rings. The van der Waals surface area contributed by atoms with Gasteiger partial charge in [0.25, 0.3) is 0 Å². The van der Waals surface area contributed by atoms with Gasteiger partial charge in [0, 0.05) is 32.7 Å². The van der Waals surface area contributed by atoms with E-state index in [1.54, 1.807) is 6.92 Å². The molecule has 0 spiro atoms. The first kappa shape index (κ1) is 19.6. The van der Waals surface area contributed by atoms with Crippen molar-refractivity contribution in [1.29, 1.82) is 0 Å². The van der Waals surface area contributed by atoms with Crippen LogP contribution in [0.25, 0.3) is 5.32 Å². The van der Waals surface area contributed by atoms with E-state index >= 15 is 0 Å². The topological polar surface area (TPSA) is 17.3 Å². The molecule has 0 aromatic heterocycles. The van der Waals surface area contributed by atoms with Crippen molar-refractivity contribution in [3.05, 3.63) is 12.2 Å². The third-order valence-electron chi connectivity index (χ3n) is 1.60. The van der Waals surface area contributed by atoms with Gasteiger partial charge in [0.05, 0.1) is 0 Å². The Balaban J connectivity index is -0.000000178. The Kier molecular flexibility index (Phi) is 28.2. The average molecular weight is 261 g/mol. The fourth-order valence-electron chi connectivity index (χ4n) is 0.964. The summed E-state index contributed by atoms with van der Waals surface area (Å²) in [6, 6.07) is 0. The maximum Gasteiger partial charge on any atom is 0 e. The Hall–Kier alpha value is 1.02. The Morgan fingerprint density at radius 2 is 1.54 bits per heavy atom. The molecule has 1 aliphatic rings. The minimum absolute atomic E-state index is 0. The monoisotopic (exact) mass is 261 g/mol. The average Bonchev–Trinajstić information content (AvgIpc) is 2.25. The van der Waals surface area contributed by atoms with Crippen molar-refractivity contribution in [3.63, 3.8) is 0 Å². The standard InChI is InChI=1S/C6H13N2.C2H6.C2H5.Y/c1-2-8-5-3-7-4-6-8;2*1-2;/h2-6H2,1H3;1-2H3;1H2,2H3;/q-1;;-1;. The van der Waals surface area contributed by atoms with Gasteiger partial charge in [0.15, 0.2) is 0 Å². The second kappa shape index (κ2) is 18.7. The molecule has 79 valence electrons. The van der Waals surface area contributed by atoms with E-state index in [1.165, 1.54) is 19.6 Å². The summed E-state index contributed by atoms with van der Waals surface area (Å²) in [4.78, 5) is 2.42. The second-order valence-corrected chi connectivity index (χ2v) is 2.11. The zero-order valence-electron chi connectivity index (χ0n) is 9.71. The van der Waals surface area contributed by atoms with Gasteiger partial charge in [-0.05, 0) is 19.6 Å². The van der Waals surface area contributed by atoms with E-state index in [0.29, 0.717) is 0 Å². The Bertz CT molecular complexity index is 63.9. The van der Waals surface area contributed by atoms with Crippen LogP contribution in [-0.2, 0) is 32.7 Å². The van der Waals surface area contributed by atoms with Crippen molar-refractivity contribution >= 4 is 0 Å². The van der Waals surface area contributed by atoms with Gasteiger partial charge < -0.3 is 17.1 Å². The molecule has 0 amide bonds. The SMILES string of the molecule is CC.CCN1CC[N-]CC1.[CH2-]C.[Y]. The third-order valence-corrected chi connectivity index (χ3v) is 1.60. The van der Waals surface area contributed by atoms with E-state index in [-0.39, 0.29) is 32.7 Å². The predicted octanol–water partition coefficient (Wildman–Crippen LogP) is 2.56. The number of rotatable bonds is 1. The molecule has 1 heterocycles. The van der Waals surface area contributed by atoms with Crippen LogP contribution in [0.4, 0.5) is 0 Å². The molecule has 13 heavy (non-hydrogen) atoms. The van der Waals surface area contributed by atoms with Crippen molar-refractivity contribution in [1.82, 2.24) is 4.90 Å². The summed E-state index contributed by atoms with van der Waals surface area (Å²) in [5.74, 6) is 0. The first-order chi connectivity index (χ1) is 5.93. The fourth-order valence-corrected chi connectivity index (χ4v) is 0.964. The zero-order valence-corrected chi connectivity index (χ0v) is 12.6. The van der Waals surface area contributed by atoms with Crippen molar-refractivity contribution in [2.45, 2.75) is 27.7 Å². The van der Waals surface area contributed by atoms with Crippen molar-refractivity contribution in [3.8, 4) is 0 Å². The molecule has 1 aliphatic heterocycles. The molecule has 0 aliphatic carbocycles. The summed E-state index contributed by atoms with van der Waals surface area (Å²) in [5, 5.41) is 4.23. The number of piperazine rings is 1. The molecule has 0 aromatic carbocycles. The largest absolute Gasteiger partial charge is 0.660 e. The smallest absolute Gasteiger partial charge is 0 e. The van der Waals surface area contributed by atoms with E-state index < -0.39 is 0 Å². The number of nitrogens with zero attached hydrogens (tertiary/aromatic N) is 2. The van der Waals surface area contributed by atoms with Crippen molar-refractivity contribution in [2.75, 3.05) is 32.7 Å². The van der Waals surface area contributed by atoms with Crippen LogP contribution >= 0.6 is 0 Å². The Morgan fingerprint density at radius 3 is 1.77 bits per heavy atom. The molecular formula is C10H24N2Y-2. The molecule has 0 N–H and O–H groups in total. The number of likely N-dealkylation sites (N-methyl/N-ethyl adjacent to an activating group) is 1. The summed E-state index contributed by atoms with van der Waals surface area (Å²) in [7, 11) is 0. The third kappa shape index (κ3) is 13.0. The van der Waals surface area contributed by atoms with Crippen LogP contribution in [-0.4, -0.2) is 37.6 Å². The van der Waals surface area contributed by atoms with Crippen LogP contribution in [0.5, 0.6) is 0 Å². The summed E-state index contributed by atoms with van der Waals surface area (Å²) >= 11 is 0. The second-order valence-electron chi connectivity index (χ2n) is 2.11. The van der Waals surface area contributed by atoms with E-state index in [9.17, 15) is 0 Å². The van der Waals surface area contributed by atoms with E-state index in [2.05, 4.69) is 24.1 Å². The van der Waals surface area contributed by atoms with Crippen molar-refractivity contribution in [2.24, 2.45) is 0 Å². The summed E-state index contributed by atoms with van der Waals surface area (Å²) in [6.07, 6.45) is 0. The fraction of sp³-hybridized carbons (Fsp3) is 0.900. The quantitative estimate of drug-likeness (QED) is 0.663. The molecule has 1 rings (SSSR count). The molecule has 0 atom stereocenters.